The van der Waals surface area contributed by atoms with Crippen LogP contribution in [0, 0.1) is 0 Å². The lowest BCUT2D eigenvalue weighted by molar-refractivity contribution is 0.458. The van der Waals surface area contributed by atoms with Crippen molar-refractivity contribution >= 4 is 0 Å². The summed E-state index contributed by atoms with van der Waals surface area (Å²) < 4.78 is 0. The van der Waals surface area contributed by atoms with Crippen LogP contribution < -0.4 is 17.1 Å². The highest BCUT2D eigenvalue weighted by Crippen LogP contribution is 2.27. The molecule has 0 atom stereocenters. The Morgan fingerprint density at radius 2 is 0.519 bits per heavy atom. The van der Waals surface area contributed by atoms with Gasteiger partial charge in [-0.25, -0.2) is 14.4 Å². The summed E-state index contributed by atoms with van der Waals surface area (Å²) in [5.74, 6) is 1.62. The van der Waals surface area contributed by atoms with E-state index in [1.807, 2.05) is 36.4 Å². The molecule has 0 amide bonds. The molecule has 300 valence electrons. The highest BCUT2D eigenvalue weighted by molar-refractivity contribution is 5.42. The van der Waals surface area contributed by atoms with Gasteiger partial charge in [-0.05, 0) is 110 Å². The zero-order valence-electron chi connectivity index (χ0n) is 34.0. The average molecular weight is 748 g/mol. The van der Waals surface area contributed by atoms with Crippen molar-refractivity contribution in [3.63, 3.8) is 0 Å². The number of benzene rings is 3. The molecule has 0 spiro atoms. The van der Waals surface area contributed by atoms with Gasteiger partial charge in [0.1, 0.15) is 17.2 Å². The molecule has 9 heteroatoms. The van der Waals surface area contributed by atoms with Crippen molar-refractivity contribution in [1.82, 2.24) is 15.0 Å². The molecule has 9 nitrogen and oxygen atoms in total. The quantitative estimate of drug-likeness (QED) is 0.0594. The predicted octanol–water partition coefficient (Wildman–Crippen LogP) is 9.98. The van der Waals surface area contributed by atoms with Gasteiger partial charge < -0.3 is 15.3 Å². The number of rotatable bonds is 18. The molecule has 0 aliphatic heterocycles. The lowest BCUT2D eigenvalue weighted by Crippen LogP contribution is -2.34. The van der Waals surface area contributed by atoms with E-state index in [1.165, 1.54) is 38.5 Å². The van der Waals surface area contributed by atoms with Crippen LogP contribution in [0.3, 0.4) is 0 Å². The molecule has 0 saturated carbocycles. The Labute approximate surface area is 323 Å². The zero-order chi connectivity index (χ0) is 40.1. The molecule has 0 aliphatic rings. The monoisotopic (exact) mass is 748 g/mol. The van der Waals surface area contributed by atoms with E-state index in [1.54, 1.807) is 15.0 Å². The number of nitrogens with one attached hydrogen (secondary N) is 3. The van der Waals surface area contributed by atoms with Crippen molar-refractivity contribution in [2.24, 2.45) is 0 Å². The topological polar surface area (TPSA) is 159 Å². The second-order valence-electron chi connectivity index (χ2n) is 13.8. The van der Waals surface area contributed by atoms with Gasteiger partial charge in [-0.15, -0.1) is 0 Å². The van der Waals surface area contributed by atoms with Gasteiger partial charge in [0, 0.05) is 0 Å². The number of hydrogen-bond donors (Lipinski definition) is 6. The first-order valence-corrected chi connectivity index (χ1v) is 20.4. The molecule has 0 unspecified atom stereocenters. The molecule has 4 aromatic rings. The lowest BCUT2D eigenvalue weighted by Gasteiger charge is -2.08. The fourth-order valence-electron chi connectivity index (χ4n) is 5.75. The van der Waals surface area contributed by atoms with Crippen molar-refractivity contribution in [2.75, 3.05) is 0 Å². The van der Waals surface area contributed by atoms with E-state index in [4.69, 9.17) is 0 Å². The largest absolute Gasteiger partial charge is 0.507 e. The van der Waals surface area contributed by atoms with E-state index in [9.17, 15) is 29.7 Å². The van der Waals surface area contributed by atoms with Gasteiger partial charge in [0.2, 0.25) is 0 Å². The minimum Gasteiger partial charge on any atom is -0.507 e. The number of aryl methyl sites for hydroxylation is 6. The Hall–Kier alpha value is -4.53. The number of hydrogen-bond acceptors (Lipinski definition) is 6. The Morgan fingerprint density at radius 1 is 0.352 bits per heavy atom. The molecule has 4 rings (SSSR count). The fraction of sp³-hybridized carbons (Fsp3) is 0.533. The van der Waals surface area contributed by atoms with Crippen LogP contribution in [0.5, 0.6) is 17.2 Å². The number of H-pyrrole nitrogens is 3. The Bertz CT molecular complexity index is 1450. The number of phenolic OH excluding ortho intramolecular Hbond substituents is 3. The summed E-state index contributed by atoms with van der Waals surface area (Å²) >= 11 is 0. The summed E-state index contributed by atoms with van der Waals surface area (Å²) in [6.07, 6.45) is 20.0. The van der Waals surface area contributed by atoms with Gasteiger partial charge in [0.25, 0.3) is 0 Å². The smallest absolute Gasteiger partial charge is 0.330 e. The number of aromatic amines is 3. The van der Waals surface area contributed by atoms with Gasteiger partial charge in [-0.2, -0.15) is 0 Å². The highest BCUT2D eigenvalue weighted by Gasteiger charge is 2.08. The van der Waals surface area contributed by atoms with Gasteiger partial charge in [0.05, 0.1) is 0 Å². The lowest BCUT2D eigenvalue weighted by atomic mass is 10.0. The fourth-order valence-corrected chi connectivity index (χ4v) is 5.75. The van der Waals surface area contributed by atoms with Crippen LogP contribution in [0.2, 0.25) is 0 Å². The number of para-hydroxylation sites is 3. The third-order valence-corrected chi connectivity index (χ3v) is 9.09. The minimum absolute atomic E-state index is 0.541. The first-order chi connectivity index (χ1) is 26.1. The summed E-state index contributed by atoms with van der Waals surface area (Å²) in [4.78, 5) is 35.9. The van der Waals surface area contributed by atoms with Crippen molar-refractivity contribution in [3.05, 3.63) is 119 Å². The number of aromatic hydroxyl groups is 3. The van der Waals surface area contributed by atoms with Gasteiger partial charge >= 0.3 is 17.1 Å². The summed E-state index contributed by atoms with van der Waals surface area (Å²) in [7, 11) is 0. The molecule has 0 aliphatic carbocycles. The first-order valence-electron chi connectivity index (χ1n) is 20.4. The van der Waals surface area contributed by atoms with Crippen LogP contribution in [-0.4, -0.2) is 30.3 Å². The molecule has 6 N–H and O–H groups in total. The van der Waals surface area contributed by atoms with Crippen molar-refractivity contribution in [2.45, 2.75) is 157 Å². The first kappa shape index (κ1) is 47.5. The molecule has 0 fully saturated rings. The molecular formula is C45H69N3O6. The zero-order valence-corrected chi connectivity index (χ0v) is 34.0. The molecule has 0 saturated heterocycles. The molecule has 0 radical (unpaired) electrons. The van der Waals surface area contributed by atoms with Gasteiger partial charge in [0.15, 0.2) is 0 Å². The summed E-state index contributed by atoms with van der Waals surface area (Å²) in [5, 5.41) is 30.1. The van der Waals surface area contributed by atoms with Crippen LogP contribution >= 0.6 is 0 Å². The third kappa shape index (κ3) is 19.0. The summed E-state index contributed by atoms with van der Waals surface area (Å²) in [5.41, 5.74) is 4.29. The molecule has 1 aromatic heterocycles. The number of aromatic nitrogens is 3. The predicted molar refractivity (Wildman–Crippen MR) is 224 cm³/mol. The van der Waals surface area contributed by atoms with Crippen LogP contribution in [-0.2, 0) is 38.5 Å². The molecular weight excluding hydrogens is 679 g/mol. The Kier molecular flexibility index (Phi) is 25.4. The summed E-state index contributed by atoms with van der Waals surface area (Å²) in [6, 6.07) is 18.4. The molecule has 1 heterocycles. The van der Waals surface area contributed by atoms with E-state index < -0.39 is 17.1 Å². The van der Waals surface area contributed by atoms with Crippen LogP contribution in [0.4, 0.5) is 0 Å². The molecule has 0 bridgehead atoms. The third-order valence-electron chi connectivity index (χ3n) is 9.09. The second-order valence-corrected chi connectivity index (χ2v) is 13.8. The maximum Gasteiger partial charge on any atom is 0.330 e. The minimum atomic E-state index is -0.802. The maximum absolute atomic E-state index is 10.2. The van der Waals surface area contributed by atoms with E-state index in [0.717, 1.165) is 110 Å². The molecule has 54 heavy (non-hydrogen) atoms. The maximum atomic E-state index is 10.2. The number of unbranched alkanes of at least 4 members (excludes halogenated alkanes) is 6. The van der Waals surface area contributed by atoms with Crippen molar-refractivity contribution in [3.8, 4) is 17.2 Å². The van der Waals surface area contributed by atoms with Crippen molar-refractivity contribution < 1.29 is 15.3 Å². The van der Waals surface area contributed by atoms with E-state index >= 15 is 0 Å². The SMILES string of the molecule is CCCCc1cccc(CCCC)c1O.CCCCc1cccc(CCCC)c1O.CCCCc1cccc(CCCC)c1O.O=c1[nH]c(=O)[nH]c(=O)[nH]1. The van der Waals surface area contributed by atoms with E-state index in [0.29, 0.717) is 17.2 Å². The summed E-state index contributed by atoms with van der Waals surface area (Å²) in [6.45, 7) is 13.1. The Morgan fingerprint density at radius 3 is 0.667 bits per heavy atom. The van der Waals surface area contributed by atoms with Gasteiger partial charge in [-0.3, -0.25) is 15.0 Å². The van der Waals surface area contributed by atoms with Crippen molar-refractivity contribution in [1.29, 1.82) is 0 Å². The highest BCUT2D eigenvalue weighted by atomic mass is 16.3. The second kappa shape index (κ2) is 28.9. The van der Waals surface area contributed by atoms with E-state index in [-0.39, 0.29) is 0 Å². The van der Waals surface area contributed by atoms with Crippen LogP contribution in [0.1, 0.15) is 152 Å². The van der Waals surface area contributed by atoms with E-state index in [2.05, 4.69) is 59.7 Å². The van der Waals surface area contributed by atoms with Gasteiger partial charge in [-0.1, -0.05) is 135 Å². The number of phenols is 3. The normalized spacial score (nSPS) is 10.3. The van der Waals surface area contributed by atoms with Crippen LogP contribution in [0.15, 0.2) is 69.0 Å². The molecule has 3 aromatic carbocycles. The average Bonchev–Trinajstić information content (AvgIpc) is 3.15. The standard InChI is InChI=1S/3C14H22O.C3H3N3O3/c3*1-3-5-8-12-10-7-11-13(14(12)15)9-6-4-2;7-1-4-2(8)6-3(9)5-1/h3*7,10-11,15H,3-6,8-9H2,1-2H3;(H3,4,5,6,7,8,9). The Balaban J connectivity index is 0.000000366. The van der Waals surface area contributed by atoms with Crippen LogP contribution in [0.25, 0.3) is 0 Å².